The molecule has 0 amide bonds. The van der Waals surface area contributed by atoms with Gasteiger partial charge in [0, 0.05) is 46.0 Å². The maximum absolute atomic E-state index is 14.0. The van der Waals surface area contributed by atoms with Crippen molar-refractivity contribution in [2.75, 3.05) is 17.7 Å². The van der Waals surface area contributed by atoms with Gasteiger partial charge in [-0.05, 0) is 72.9 Å². The molecule has 1 aliphatic heterocycles. The van der Waals surface area contributed by atoms with E-state index in [1.807, 2.05) is 24.3 Å². The molecule has 0 fully saturated rings. The minimum Gasteiger partial charge on any atom is -0.497 e. The van der Waals surface area contributed by atoms with Gasteiger partial charge in [-0.25, -0.2) is 0 Å². The smallest absolute Gasteiger partial charge is 0.163 e. The molecule has 5 aromatic rings. The average molecular weight is 514 g/mol. The molecule has 5 heteroatoms. The topological polar surface area (TPSA) is 55.3 Å². The fraction of sp³-hybridized carbons (Fsp3) is 0.206. The Morgan fingerprint density at radius 3 is 2.46 bits per heavy atom. The van der Waals surface area contributed by atoms with Gasteiger partial charge in [-0.3, -0.25) is 4.79 Å². The molecular formula is C34H31N3O2. The minimum atomic E-state index is -0.247. The number of nitrogens with one attached hydrogen (secondary N) is 2. The maximum Gasteiger partial charge on any atom is 0.163 e. The van der Waals surface area contributed by atoms with Gasteiger partial charge < -0.3 is 19.9 Å². The lowest BCUT2D eigenvalue weighted by molar-refractivity contribution is -0.116. The number of para-hydroxylation sites is 3. The van der Waals surface area contributed by atoms with Crippen molar-refractivity contribution in [1.82, 2.24) is 4.57 Å². The lowest BCUT2D eigenvalue weighted by Gasteiger charge is -2.30. The van der Waals surface area contributed by atoms with Crippen molar-refractivity contribution in [3.8, 4) is 5.75 Å². The number of nitrogens with zero attached hydrogens (tertiary/aromatic N) is 1. The summed E-state index contributed by atoms with van der Waals surface area (Å²) in [5.74, 6) is 1.09. The van der Waals surface area contributed by atoms with Gasteiger partial charge in [-0.15, -0.1) is 0 Å². The number of ketones is 1. The number of ether oxygens (including phenoxy) is 1. The summed E-state index contributed by atoms with van der Waals surface area (Å²) in [4.78, 5) is 14.0. The Hall–Kier alpha value is -4.51. The second-order valence-electron chi connectivity index (χ2n) is 10.5. The zero-order chi connectivity index (χ0) is 26.5. The summed E-state index contributed by atoms with van der Waals surface area (Å²) in [6.07, 6.45) is 1.23. The average Bonchev–Trinajstić information content (AvgIpc) is 3.18. The molecule has 2 unspecified atom stereocenters. The Morgan fingerprint density at radius 2 is 1.62 bits per heavy atom. The third-order valence-electron chi connectivity index (χ3n) is 8.32. The van der Waals surface area contributed by atoms with E-state index in [9.17, 15) is 4.79 Å². The predicted octanol–water partition coefficient (Wildman–Crippen LogP) is 7.80. The van der Waals surface area contributed by atoms with Crippen LogP contribution in [0.25, 0.3) is 21.8 Å². The molecule has 5 nitrogen and oxygen atoms in total. The van der Waals surface area contributed by atoms with Crippen molar-refractivity contribution in [2.45, 2.75) is 38.3 Å². The van der Waals surface area contributed by atoms with Gasteiger partial charge in [0.25, 0.3) is 0 Å². The first kappa shape index (κ1) is 23.6. The van der Waals surface area contributed by atoms with Gasteiger partial charge >= 0.3 is 0 Å². The molecule has 1 aromatic heterocycles. The molecule has 39 heavy (non-hydrogen) atoms. The zero-order valence-electron chi connectivity index (χ0n) is 22.2. The number of aryl methyl sites for hydroxylation is 1. The van der Waals surface area contributed by atoms with Crippen LogP contribution in [-0.4, -0.2) is 17.5 Å². The van der Waals surface area contributed by atoms with E-state index in [1.54, 1.807) is 7.11 Å². The van der Waals surface area contributed by atoms with Crippen molar-refractivity contribution < 1.29 is 9.53 Å². The maximum atomic E-state index is 14.0. The number of aromatic nitrogens is 1. The number of rotatable bonds is 4. The van der Waals surface area contributed by atoms with E-state index >= 15 is 0 Å². The fourth-order valence-electron chi connectivity index (χ4n) is 6.47. The molecule has 0 bridgehead atoms. The second kappa shape index (κ2) is 9.35. The molecule has 2 aliphatic rings. The molecule has 4 aromatic carbocycles. The van der Waals surface area contributed by atoms with Crippen molar-refractivity contribution in [2.24, 2.45) is 0 Å². The summed E-state index contributed by atoms with van der Waals surface area (Å²) in [6.45, 7) is 3.09. The van der Waals surface area contributed by atoms with Crippen LogP contribution in [0.15, 0.2) is 102 Å². The number of hydrogen-bond acceptors (Lipinski definition) is 4. The Kier molecular flexibility index (Phi) is 5.66. The van der Waals surface area contributed by atoms with Crippen molar-refractivity contribution in [3.63, 3.8) is 0 Å². The van der Waals surface area contributed by atoms with Crippen LogP contribution in [0, 0.1) is 0 Å². The van der Waals surface area contributed by atoms with E-state index in [-0.39, 0.29) is 17.7 Å². The third-order valence-corrected chi connectivity index (χ3v) is 8.32. The molecular weight excluding hydrogens is 482 g/mol. The fourth-order valence-corrected chi connectivity index (χ4v) is 6.47. The molecule has 0 saturated carbocycles. The Bertz CT molecular complexity index is 1780. The quantitative estimate of drug-likeness (QED) is 0.257. The van der Waals surface area contributed by atoms with E-state index in [0.717, 1.165) is 52.5 Å². The number of Topliss-reactive ketones (excluding diaryl/α,β-unsaturated/α-hetero) is 1. The lowest BCUT2D eigenvalue weighted by Crippen LogP contribution is -2.26. The second-order valence-corrected chi connectivity index (χ2v) is 10.5. The van der Waals surface area contributed by atoms with Gasteiger partial charge in [0.2, 0.25) is 0 Å². The third kappa shape index (κ3) is 3.88. The van der Waals surface area contributed by atoms with Crippen LogP contribution in [0.2, 0.25) is 0 Å². The van der Waals surface area contributed by atoms with Crippen molar-refractivity contribution in [1.29, 1.82) is 0 Å². The first-order chi connectivity index (χ1) is 19.1. The molecule has 0 radical (unpaired) electrons. The highest BCUT2D eigenvalue weighted by Gasteiger charge is 2.36. The highest BCUT2D eigenvalue weighted by Crippen LogP contribution is 2.45. The van der Waals surface area contributed by atoms with E-state index < -0.39 is 0 Å². The largest absolute Gasteiger partial charge is 0.497 e. The van der Waals surface area contributed by atoms with Crippen molar-refractivity contribution >= 4 is 39.0 Å². The SMILES string of the molecule is CCn1c2ccccc2c2cc(C3Nc4ccccc4NC4=C3C(=O)CC(c3cccc(OC)c3)C4)ccc21. The summed E-state index contributed by atoms with van der Waals surface area (Å²) in [7, 11) is 1.68. The molecule has 2 atom stereocenters. The Balaban J connectivity index is 1.38. The number of methoxy groups -OCH3 is 1. The summed E-state index contributed by atoms with van der Waals surface area (Å²) in [5, 5.41) is 9.87. The number of carbonyl (C=O) groups excluding carboxylic acids is 1. The molecule has 0 spiro atoms. The van der Waals surface area contributed by atoms with Gasteiger partial charge in [-0.1, -0.05) is 48.5 Å². The highest BCUT2D eigenvalue weighted by molar-refractivity contribution is 6.08. The minimum absolute atomic E-state index is 0.0924. The van der Waals surface area contributed by atoms with Crippen LogP contribution in [0.1, 0.15) is 42.9 Å². The molecule has 0 saturated heterocycles. The van der Waals surface area contributed by atoms with Crippen molar-refractivity contribution in [3.05, 3.63) is 113 Å². The van der Waals surface area contributed by atoms with Crippen LogP contribution in [-0.2, 0) is 11.3 Å². The number of hydrogen-bond donors (Lipinski definition) is 2. The van der Waals surface area contributed by atoms with E-state index in [2.05, 4.69) is 88.9 Å². The van der Waals surface area contributed by atoms with Gasteiger partial charge in [-0.2, -0.15) is 0 Å². The first-order valence-electron chi connectivity index (χ1n) is 13.7. The van der Waals surface area contributed by atoms with Crippen LogP contribution >= 0.6 is 0 Å². The number of fused-ring (bicyclic) bond motifs is 4. The molecule has 1 aliphatic carbocycles. The number of anilines is 2. The van der Waals surface area contributed by atoms with Gasteiger partial charge in [0.05, 0.1) is 24.5 Å². The summed E-state index contributed by atoms with van der Waals surface area (Å²) >= 11 is 0. The van der Waals surface area contributed by atoms with E-state index in [1.165, 1.54) is 21.8 Å². The van der Waals surface area contributed by atoms with Crippen LogP contribution < -0.4 is 15.4 Å². The number of allylic oxidation sites excluding steroid dienone is 1. The normalized spacial score (nSPS) is 18.8. The molecule has 194 valence electrons. The summed E-state index contributed by atoms with van der Waals surface area (Å²) in [6, 6.07) is 31.3. The molecule has 7 rings (SSSR count). The predicted molar refractivity (Wildman–Crippen MR) is 159 cm³/mol. The zero-order valence-corrected chi connectivity index (χ0v) is 22.2. The monoisotopic (exact) mass is 513 g/mol. The van der Waals surface area contributed by atoms with Gasteiger partial charge in [0.15, 0.2) is 5.78 Å². The lowest BCUT2D eigenvalue weighted by atomic mass is 9.78. The molecule has 2 N–H and O–H groups in total. The first-order valence-corrected chi connectivity index (χ1v) is 13.7. The van der Waals surface area contributed by atoms with Crippen LogP contribution in [0.3, 0.4) is 0 Å². The number of carbonyl (C=O) groups is 1. The van der Waals surface area contributed by atoms with Crippen LogP contribution in [0.5, 0.6) is 5.75 Å². The van der Waals surface area contributed by atoms with Crippen LogP contribution in [0.4, 0.5) is 11.4 Å². The van der Waals surface area contributed by atoms with E-state index in [0.29, 0.717) is 6.42 Å². The Labute approximate surface area is 228 Å². The van der Waals surface area contributed by atoms with E-state index in [4.69, 9.17) is 4.74 Å². The standard InChI is InChI=1S/C34H31N3O2/c1-3-37-30-14-7-4-11-25(30)26-18-22(15-16-31(26)37)34-33-29(35-27-12-5-6-13-28(27)36-34)19-23(20-32(33)38)21-9-8-10-24(17-21)39-2/h4-18,23,34-36H,3,19-20H2,1-2H3. The summed E-state index contributed by atoms with van der Waals surface area (Å²) in [5.41, 5.74) is 8.52. The number of benzene rings is 4. The summed E-state index contributed by atoms with van der Waals surface area (Å²) < 4.78 is 7.83. The Morgan fingerprint density at radius 1 is 0.821 bits per heavy atom. The molecule has 2 heterocycles. The highest BCUT2D eigenvalue weighted by atomic mass is 16.5. The van der Waals surface area contributed by atoms with Gasteiger partial charge in [0.1, 0.15) is 5.75 Å².